The van der Waals surface area contributed by atoms with Gasteiger partial charge >= 0.3 is 11.9 Å². The normalized spacial score (nSPS) is 31.8. The molecule has 2 rings (SSSR count). The smallest absolute Gasteiger partial charge is 0.323 e. The number of hydrogen-bond acceptors (Lipinski definition) is 5. The Balaban J connectivity index is 2.27. The first-order valence-electron chi connectivity index (χ1n) is 7.63. The van der Waals surface area contributed by atoms with Gasteiger partial charge in [0, 0.05) is 12.4 Å². The predicted octanol–water partition coefficient (Wildman–Crippen LogP) is 2.33. The van der Waals surface area contributed by atoms with E-state index < -0.39 is 17.4 Å². The van der Waals surface area contributed by atoms with Crippen LogP contribution >= 0.6 is 11.8 Å². The second-order valence-electron chi connectivity index (χ2n) is 5.87. The number of ether oxygens (including phenoxy) is 2. The minimum atomic E-state index is -1.43. The van der Waals surface area contributed by atoms with Gasteiger partial charge in [-0.1, -0.05) is 6.92 Å². The van der Waals surface area contributed by atoms with Crippen LogP contribution in [0.2, 0.25) is 0 Å². The first-order valence-corrected chi connectivity index (χ1v) is 8.78. The van der Waals surface area contributed by atoms with Crippen molar-refractivity contribution in [1.82, 2.24) is 0 Å². The molecular weight excluding hydrogens is 292 g/mol. The lowest BCUT2D eigenvalue weighted by Crippen LogP contribution is -2.52. The summed E-state index contributed by atoms with van der Waals surface area (Å²) in [6.07, 6.45) is 2.44. The Hall–Kier alpha value is -0.750. The molecule has 1 N–H and O–H groups in total. The molecule has 2 heterocycles. The molecule has 0 radical (unpaired) electrons. The first kappa shape index (κ1) is 16.6. The molecule has 0 aromatic heterocycles. The third-order valence-electron chi connectivity index (χ3n) is 4.84. The average molecular weight is 316 g/mol. The minimum absolute atomic E-state index is 0.206. The Morgan fingerprint density at radius 1 is 1.48 bits per heavy atom. The Morgan fingerprint density at radius 3 is 2.76 bits per heavy atom. The average Bonchev–Trinajstić information content (AvgIpc) is 2.88. The molecule has 2 fully saturated rings. The lowest BCUT2D eigenvalue weighted by Gasteiger charge is -2.43. The second kappa shape index (κ2) is 6.57. The molecule has 0 aromatic rings. The van der Waals surface area contributed by atoms with Crippen LogP contribution in [0.5, 0.6) is 0 Å². The molecule has 6 heteroatoms. The number of thioether (sulfide) groups is 1. The zero-order chi connectivity index (χ0) is 15.5. The van der Waals surface area contributed by atoms with E-state index in [0.717, 1.165) is 17.9 Å². The van der Waals surface area contributed by atoms with Crippen LogP contribution in [0, 0.1) is 11.3 Å². The van der Waals surface area contributed by atoms with Crippen LogP contribution in [0.3, 0.4) is 0 Å². The van der Waals surface area contributed by atoms with Gasteiger partial charge in [-0.3, -0.25) is 9.59 Å². The van der Waals surface area contributed by atoms with Gasteiger partial charge < -0.3 is 14.6 Å². The summed E-state index contributed by atoms with van der Waals surface area (Å²) in [5.41, 5.74) is -1.67. The molecule has 2 aliphatic heterocycles. The van der Waals surface area contributed by atoms with Gasteiger partial charge in [0.25, 0.3) is 0 Å². The molecule has 2 aliphatic rings. The van der Waals surface area contributed by atoms with Crippen LogP contribution in [-0.2, 0) is 19.1 Å². The maximum atomic E-state index is 12.4. The SMILES string of the molecule is CCOC(=O)C(CC)(C(=O)O)C1CCOC2(CCSC2)C1. The van der Waals surface area contributed by atoms with Crippen LogP contribution in [-0.4, -0.2) is 47.4 Å². The van der Waals surface area contributed by atoms with Crippen LogP contribution in [0.4, 0.5) is 0 Å². The first-order chi connectivity index (χ1) is 10.0. The Labute approximate surface area is 129 Å². The fraction of sp³-hybridized carbons (Fsp3) is 0.867. The number of rotatable bonds is 5. The summed E-state index contributed by atoms with van der Waals surface area (Å²) in [5.74, 6) is 0.0692. The molecule has 21 heavy (non-hydrogen) atoms. The van der Waals surface area contributed by atoms with Gasteiger partial charge in [-0.2, -0.15) is 11.8 Å². The molecular formula is C15H24O5S. The number of carbonyl (C=O) groups excluding carboxylic acids is 1. The van der Waals surface area contributed by atoms with E-state index in [4.69, 9.17) is 9.47 Å². The van der Waals surface area contributed by atoms with E-state index in [-0.39, 0.29) is 24.5 Å². The monoisotopic (exact) mass is 316 g/mol. The molecule has 1 spiro atoms. The third kappa shape index (κ3) is 2.93. The molecule has 120 valence electrons. The molecule has 0 aliphatic carbocycles. The fourth-order valence-electron chi connectivity index (χ4n) is 3.58. The minimum Gasteiger partial charge on any atom is -0.480 e. The lowest BCUT2D eigenvalue weighted by atomic mass is 9.66. The van der Waals surface area contributed by atoms with E-state index in [9.17, 15) is 14.7 Å². The summed E-state index contributed by atoms with van der Waals surface area (Å²) >= 11 is 1.84. The summed E-state index contributed by atoms with van der Waals surface area (Å²) in [6.45, 7) is 4.20. The number of aliphatic carboxylic acids is 1. The quantitative estimate of drug-likeness (QED) is 0.620. The highest BCUT2D eigenvalue weighted by Gasteiger charge is 2.56. The van der Waals surface area contributed by atoms with Crippen molar-refractivity contribution < 1.29 is 24.2 Å². The zero-order valence-corrected chi connectivity index (χ0v) is 13.5. The van der Waals surface area contributed by atoms with Gasteiger partial charge in [0.15, 0.2) is 5.41 Å². The molecule has 0 aromatic carbocycles. The van der Waals surface area contributed by atoms with E-state index in [1.807, 2.05) is 11.8 Å². The predicted molar refractivity (Wildman–Crippen MR) is 80.3 cm³/mol. The number of carbonyl (C=O) groups is 2. The van der Waals surface area contributed by atoms with Gasteiger partial charge in [0.05, 0.1) is 12.2 Å². The van der Waals surface area contributed by atoms with Gasteiger partial charge in [-0.25, -0.2) is 0 Å². The zero-order valence-electron chi connectivity index (χ0n) is 12.7. The number of carboxylic acids is 1. The molecule has 0 amide bonds. The Morgan fingerprint density at radius 2 is 2.24 bits per heavy atom. The number of carboxylic acid groups (broad SMARTS) is 1. The molecule has 0 bridgehead atoms. The van der Waals surface area contributed by atoms with Gasteiger partial charge in [-0.05, 0) is 44.3 Å². The van der Waals surface area contributed by atoms with Crippen molar-refractivity contribution >= 4 is 23.7 Å². The van der Waals surface area contributed by atoms with Crippen molar-refractivity contribution in [3.8, 4) is 0 Å². The maximum Gasteiger partial charge on any atom is 0.323 e. The summed E-state index contributed by atoms with van der Waals surface area (Å²) in [6, 6.07) is 0. The highest BCUT2D eigenvalue weighted by molar-refractivity contribution is 7.99. The van der Waals surface area contributed by atoms with Crippen molar-refractivity contribution in [2.24, 2.45) is 11.3 Å². The van der Waals surface area contributed by atoms with Crippen molar-refractivity contribution in [3.63, 3.8) is 0 Å². The number of hydrogen-bond donors (Lipinski definition) is 1. The Bertz CT molecular complexity index is 405. The van der Waals surface area contributed by atoms with E-state index in [2.05, 4.69) is 0 Å². The summed E-state index contributed by atoms with van der Waals surface area (Å²) in [5, 5.41) is 9.76. The van der Waals surface area contributed by atoms with Crippen LogP contribution in [0.25, 0.3) is 0 Å². The van der Waals surface area contributed by atoms with Crippen LogP contribution in [0.15, 0.2) is 0 Å². The van der Waals surface area contributed by atoms with Crippen molar-refractivity contribution in [2.45, 2.75) is 45.1 Å². The number of esters is 1. The molecule has 3 unspecified atom stereocenters. The molecule has 0 saturated carbocycles. The maximum absolute atomic E-state index is 12.4. The van der Waals surface area contributed by atoms with Crippen molar-refractivity contribution in [1.29, 1.82) is 0 Å². The van der Waals surface area contributed by atoms with Crippen molar-refractivity contribution in [3.05, 3.63) is 0 Å². The van der Waals surface area contributed by atoms with Crippen molar-refractivity contribution in [2.75, 3.05) is 24.7 Å². The van der Waals surface area contributed by atoms with E-state index in [1.54, 1.807) is 13.8 Å². The molecule has 5 nitrogen and oxygen atoms in total. The largest absolute Gasteiger partial charge is 0.480 e. The summed E-state index contributed by atoms with van der Waals surface area (Å²) in [7, 11) is 0. The lowest BCUT2D eigenvalue weighted by molar-refractivity contribution is -0.181. The van der Waals surface area contributed by atoms with Gasteiger partial charge in [-0.15, -0.1) is 0 Å². The van der Waals surface area contributed by atoms with E-state index in [0.29, 0.717) is 19.4 Å². The highest BCUT2D eigenvalue weighted by Crippen LogP contribution is 2.48. The van der Waals surface area contributed by atoms with Gasteiger partial charge in [0.2, 0.25) is 0 Å². The fourth-order valence-corrected chi connectivity index (χ4v) is 4.96. The Kier molecular flexibility index (Phi) is 5.20. The van der Waals surface area contributed by atoms with E-state index >= 15 is 0 Å². The third-order valence-corrected chi connectivity index (χ3v) is 6.06. The summed E-state index contributed by atoms with van der Waals surface area (Å²) < 4.78 is 11.0. The summed E-state index contributed by atoms with van der Waals surface area (Å²) in [4.78, 5) is 24.3. The van der Waals surface area contributed by atoms with E-state index in [1.165, 1.54) is 0 Å². The van der Waals surface area contributed by atoms with Gasteiger partial charge in [0.1, 0.15) is 0 Å². The van der Waals surface area contributed by atoms with Crippen LogP contribution < -0.4 is 0 Å². The standard InChI is InChI=1S/C15H24O5S/c1-3-15(12(16)17,13(18)19-4-2)11-5-7-20-14(9-11)6-8-21-10-14/h11H,3-10H2,1-2H3,(H,16,17). The highest BCUT2D eigenvalue weighted by atomic mass is 32.2. The van der Waals surface area contributed by atoms with Crippen LogP contribution in [0.1, 0.15) is 39.5 Å². The molecule has 2 saturated heterocycles. The second-order valence-corrected chi connectivity index (χ2v) is 6.98. The molecule has 3 atom stereocenters. The topological polar surface area (TPSA) is 72.8 Å².